The molecule has 0 spiro atoms. The minimum Gasteiger partial charge on any atom is -0.497 e. The van der Waals surface area contributed by atoms with Gasteiger partial charge >= 0.3 is 5.97 Å². The molecule has 5 heteroatoms. The maximum atomic E-state index is 10.6. The molecule has 2 aromatic rings. The molecule has 0 radical (unpaired) electrons. The van der Waals surface area contributed by atoms with Crippen molar-refractivity contribution in [3.8, 4) is 17.2 Å². The Bertz CT molecular complexity index is 679. The van der Waals surface area contributed by atoms with Crippen molar-refractivity contribution in [3.05, 3.63) is 53.6 Å². The van der Waals surface area contributed by atoms with Gasteiger partial charge in [-0.25, -0.2) is 4.79 Å². The molecule has 1 unspecified atom stereocenters. The molecule has 2 aromatic carbocycles. The summed E-state index contributed by atoms with van der Waals surface area (Å²) in [5, 5.41) is 8.66. The van der Waals surface area contributed by atoms with Crippen LogP contribution in [0, 0.1) is 0 Å². The van der Waals surface area contributed by atoms with Crippen LogP contribution in [0.25, 0.3) is 0 Å². The fourth-order valence-electron chi connectivity index (χ4n) is 2.68. The van der Waals surface area contributed by atoms with Crippen molar-refractivity contribution in [1.29, 1.82) is 0 Å². The summed E-state index contributed by atoms with van der Waals surface area (Å²) in [4.78, 5) is 10.6. The average Bonchev–Trinajstić information content (AvgIpc) is 2.61. The Hall–Kier alpha value is -2.69. The molecule has 0 saturated carbocycles. The molecular weight excluding hydrogens is 308 g/mol. The Morgan fingerprint density at radius 2 is 1.71 bits per heavy atom. The lowest BCUT2D eigenvalue weighted by atomic mass is 9.88. The minimum absolute atomic E-state index is 0.166. The molecule has 128 valence electrons. The fourth-order valence-corrected chi connectivity index (χ4v) is 2.68. The third-order valence-electron chi connectivity index (χ3n) is 3.87. The van der Waals surface area contributed by atoms with Crippen LogP contribution < -0.4 is 14.2 Å². The highest BCUT2D eigenvalue weighted by Crippen LogP contribution is 2.36. The third kappa shape index (κ3) is 4.19. The lowest BCUT2D eigenvalue weighted by molar-refractivity contribution is -0.139. The summed E-state index contributed by atoms with van der Waals surface area (Å²) in [7, 11) is 3.27. The summed E-state index contributed by atoms with van der Waals surface area (Å²) < 4.78 is 15.9. The Morgan fingerprint density at radius 3 is 2.25 bits per heavy atom. The van der Waals surface area contributed by atoms with Crippen molar-refractivity contribution in [2.24, 2.45) is 0 Å². The molecule has 5 nitrogen and oxygen atoms in total. The van der Waals surface area contributed by atoms with Crippen LogP contribution in [0.3, 0.4) is 0 Å². The number of carboxylic acid groups (broad SMARTS) is 1. The summed E-state index contributed by atoms with van der Waals surface area (Å²) in [6.45, 7) is 1.77. The second kappa shape index (κ2) is 8.24. The second-order valence-corrected chi connectivity index (χ2v) is 5.32. The highest BCUT2D eigenvalue weighted by molar-refractivity contribution is 5.68. The maximum absolute atomic E-state index is 10.6. The van der Waals surface area contributed by atoms with E-state index < -0.39 is 5.97 Å². The van der Waals surface area contributed by atoms with Crippen LogP contribution in [0.2, 0.25) is 0 Å². The van der Waals surface area contributed by atoms with Crippen molar-refractivity contribution in [1.82, 2.24) is 0 Å². The zero-order valence-electron chi connectivity index (χ0n) is 14.1. The quantitative estimate of drug-likeness (QED) is 0.799. The van der Waals surface area contributed by atoms with Gasteiger partial charge < -0.3 is 19.3 Å². The maximum Gasteiger partial charge on any atom is 0.341 e. The van der Waals surface area contributed by atoms with E-state index in [1.165, 1.54) is 0 Å². The number of ether oxygens (including phenoxy) is 3. The molecule has 0 aliphatic carbocycles. The number of carbonyl (C=O) groups is 1. The summed E-state index contributed by atoms with van der Waals surface area (Å²) in [5.41, 5.74) is 2.20. The van der Waals surface area contributed by atoms with E-state index in [1.54, 1.807) is 26.4 Å². The number of carboxylic acids is 1. The third-order valence-corrected chi connectivity index (χ3v) is 3.87. The topological polar surface area (TPSA) is 65.0 Å². The SMILES string of the molecule is CCC(c1ccc(OCC(=O)O)cc1)c1ccc(OC)cc1OC. The lowest BCUT2D eigenvalue weighted by Gasteiger charge is -2.20. The van der Waals surface area contributed by atoms with Crippen LogP contribution in [0.5, 0.6) is 17.2 Å². The molecule has 0 aromatic heterocycles. The summed E-state index contributed by atoms with van der Waals surface area (Å²) in [5.74, 6) is 1.25. The van der Waals surface area contributed by atoms with Crippen LogP contribution in [-0.2, 0) is 4.79 Å². The van der Waals surface area contributed by atoms with Crippen LogP contribution >= 0.6 is 0 Å². The van der Waals surface area contributed by atoms with E-state index in [-0.39, 0.29) is 12.5 Å². The van der Waals surface area contributed by atoms with Gasteiger partial charge in [-0.1, -0.05) is 25.1 Å². The van der Waals surface area contributed by atoms with Crippen molar-refractivity contribution in [2.75, 3.05) is 20.8 Å². The van der Waals surface area contributed by atoms with E-state index in [0.29, 0.717) is 5.75 Å². The van der Waals surface area contributed by atoms with Gasteiger partial charge in [0.1, 0.15) is 17.2 Å². The Balaban J connectivity index is 2.26. The molecule has 0 amide bonds. The number of hydrogen-bond acceptors (Lipinski definition) is 4. The fraction of sp³-hybridized carbons (Fsp3) is 0.316. The van der Waals surface area contributed by atoms with Gasteiger partial charge in [-0.05, 0) is 30.2 Å². The minimum atomic E-state index is -0.992. The van der Waals surface area contributed by atoms with E-state index in [2.05, 4.69) is 6.92 Å². The van der Waals surface area contributed by atoms with Crippen LogP contribution in [0.15, 0.2) is 42.5 Å². The first-order valence-electron chi connectivity index (χ1n) is 7.75. The largest absolute Gasteiger partial charge is 0.497 e. The lowest BCUT2D eigenvalue weighted by Crippen LogP contribution is -2.09. The number of benzene rings is 2. The molecular formula is C19H22O5. The monoisotopic (exact) mass is 330 g/mol. The second-order valence-electron chi connectivity index (χ2n) is 5.32. The van der Waals surface area contributed by atoms with Gasteiger partial charge in [-0.2, -0.15) is 0 Å². The van der Waals surface area contributed by atoms with E-state index in [0.717, 1.165) is 29.0 Å². The van der Waals surface area contributed by atoms with E-state index >= 15 is 0 Å². The average molecular weight is 330 g/mol. The van der Waals surface area contributed by atoms with Gasteiger partial charge in [-0.15, -0.1) is 0 Å². The number of rotatable bonds is 8. The van der Waals surface area contributed by atoms with E-state index in [4.69, 9.17) is 19.3 Å². The van der Waals surface area contributed by atoms with Gasteiger partial charge in [0.25, 0.3) is 0 Å². The molecule has 1 N–H and O–H groups in total. The number of methoxy groups -OCH3 is 2. The molecule has 24 heavy (non-hydrogen) atoms. The van der Waals surface area contributed by atoms with Crippen molar-refractivity contribution >= 4 is 5.97 Å². The van der Waals surface area contributed by atoms with E-state index in [1.807, 2.05) is 30.3 Å². The van der Waals surface area contributed by atoms with Crippen molar-refractivity contribution < 1.29 is 24.1 Å². The smallest absolute Gasteiger partial charge is 0.341 e. The number of hydrogen-bond donors (Lipinski definition) is 1. The zero-order chi connectivity index (χ0) is 17.5. The first kappa shape index (κ1) is 17.7. The van der Waals surface area contributed by atoms with Crippen LogP contribution in [0.4, 0.5) is 0 Å². The Kier molecular flexibility index (Phi) is 6.07. The summed E-state index contributed by atoms with van der Waals surface area (Å²) in [6.07, 6.45) is 0.901. The molecule has 0 bridgehead atoms. The van der Waals surface area contributed by atoms with Crippen molar-refractivity contribution in [2.45, 2.75) is 19.3 Å². The first-order chi connectivity index (χ1) is 11.6. The predicted molar refractivity (Wildman–Crippen MR) is 91.3 cm³/mol. The van der Waals surface area contributed by atoms with Crippen LogP contribution in [-0.4, -0.2) is 31.9 Å². The molecule has 1 atom stereocenters. The van der Waals surface area contributed by atoms with E-state index in [9.17, 15) is 4.79 Å². The molecule has 0 aliphatic heterocycles. The first-order valence-corrected chi connectivity index (χ1v) is 7.75. The Labute approximate surface area is 141 Å². The normalized spacial score (nSPS) is 11.6. The molecule has 0 fully saturated rings. The van der Waals surface area contributed by atoms with Gasteiger partial charge in [0.2, 0.25) is 0 Å². The molecule has 2 rings (SSSR count). The van der Waals surface area contributed by atoms with Gasteiger partial charge in [0.05, 0.1) is 14.2 Å². The van der Waals surface area contributed by atoms with Gasteiger partial charge in [0.15, 0.2) is 6.61 Å². The van der Waals surface area contributed by atoms with Crippen LogP contribution in [0.1, 0.15) is 30.4 Å². The van der Waals surface area contributed by atoms with Crippen molar-refractivity contribution in [3.63, 3.8) is 0 Å². The zero-order valence-corrected chi connectivity index (χ0v) is 14.1. The molecule has 0 heterocycles. The standard InChI is InChI=1S/C19H22O5/c1-4-16(17-10-9-15(22-2)11-18(17)23-3)13-5-7-14(8-6-13)24-12-19(20)21/h5-11,16H,4,12H2,1-3H3,(H,20,21). The number of aliphatic carboxylic acids is 1. The highest BCUT2D eigenvalue weighted by atomic mass is 16.5. The molecule has 0 saturated heterocycles. The summed E-state index contributed by atoms with van der Waals surface area (Å²) in [6, 6.07) is 13.3. The summed E-state index contributed by atoms with van der Waals surface area (Å²) >= 11 is 0. The highest BCUT2D eigenvalue weighted by Gasteiger charge is 2.17. The van der Waals surface area contributed by atoms with Gasteiger partial charge in [-0.3, -0.25) is 0 Å². The van der Waals surface area contributed by atoms with Gasteiger partial charge in [0, 0.05) is 17.5 Å². The molecule has 0 aliphatic rings. The Morgan fingerprint density at radius 1 is 1.04 bits per heavy atom. The predicted octanol–water partition coefficient (Wildman–Crippen LogP) is 3.71.